The van der Waals surface area contributed by atoms with Crippen LogP contribution in [0, 0.1) is 6.92 Å². The molecule has 1 aliphatic rings. The number of alkyl halides is 1. The van der Waals surface area contributed by atoms with E-state index in [1.165, 1.54) is 0 Å². The molecule has 1 aromatic carbocycles. The summed E-state index contributed by atoms with van der Waals surface area (Å²) in [6.45, 7) is 2.36. The fraction of sp³-hybridized carbons (Fsp3) is 0.300. The normalized spacial score (nSPS) is 14.2. The third-order valence-corrected chi connectivity index (χ3v) is 2.71. The summed E-state index contributed by atoms with van der Waals surface area (Å²) in [5.74, 6) is 0.257. The van der Waals surface area contributed by atoms with Gasteiger partial charge in [-0.15, -0.1) is 11.6 Å². The Bertz CT molecular complexity index is 371. The monoisotopic (exact) mass is 196 g/mol. The van der Waals surface area contributed by atoms with Gasteiger partial charge in [-0.1, -0.05) is 6.07 Å². The van der Waals surface area contributed by atoms with Crippen LogP contribution >= 0.6 is 11.6 Å². The molecule has 0 aromatic heterocycles. The first kappa shape index (κ1) is 8.57. The van der Waals surface area contributed by atoms with Crippen LogP contribution in [0.1, 0.15) is 27.0 Å². The number of rotatable bonds is 1. The number of cyclic esters (lactones) is 1. The highest BCUT2D eigenvalue weighted by Gasteiger charge is 2.23. The molecule has 0 amide bonds. The van der Waals surface area contributed by atoms with Crippen molar-refractivity contribution in [1.82, 2.24) is 0 Å². The summed E-state index contributed by atoms with van der Waals surface area (Å²) in [7, 11) is 0. The lowest BCUT2D eigenvalue weighted by atomic mass is 10.00. The number of benzene rings is 1. The molecular weight excluding hydrogens is 188 g/mol. The fourth-order valence-electron chi connectivity index (χ4n) is 1.54. The number of hydrogen-bond donors (Lipinski definition) is 0. The average molecular weight is 197 g/mol. The second kappa shape index (κ2) is 3.04. The zero-order valence-electron chi connectivity index (χ0n) is 7.26. The van der Waals surface area contributed by atoms with Crippen molar-refractivity contribution < 1.29 is 9.53 Å². The first-order chi connectivity index (χ1) is 6.24. The molecule has 1 aliphatic heterocycles. The Labute approximate surface area is 81.5 Å². The summed E-state index contributed by atoms with van der Waals surface area (Å²) in [4.78, 5) is 11.2. The number of halogens is 1. The zero-order valence-corrected chi connectivity index (χ0v) is 8.02. The van der Waals surface area contributed by atoms with Crippen molar-refractivity contribution in [2.45, 2.75) is 19.4 Å². The fourth-order valence-corrected chi connectivity index (χ4v) is 1.83. The predicted molar refractivity (Wildman–Crippen MR) is 49.9 cm³/mol. The summed E-state index contributed by atoms with van der Waals surface area (Å²) in [5, 5.41) is 0. The van der Waals surface area contributed by atoms with Gasteiger partial charge in [0.25, 0.3) is 0 Å². The summed E-state index contributed by atoms with van der Waals surface area (Å²) in [6, 6.07) is 3.67. The van der Waals surface area contributed by atoms with Gasteiger partial charge in [-0.05, 0) is 24.1 Å². The van der Waals surface area contributed by atoms with Crippen LogP contribution in [-0.2, 0) is 17.2 Å². The Morgan fingerprint density at radius 1 is 1.54 bits per heavy atom. The highest BCUT2D eigenvalue weighted by Crippen LogP contribution is 2.26. The smallest absolute Gasteiger partial charge is 0.338 e. The molecule has 0 aliphatic carbocycles. The molecule has 0 spiro atoms. The van der Waals surface area contributed by atoms with Crippen LogP contribution < -0.4 is 0 Å². The minimum Gasteiger partial charge on any atom is -0.457 e. The Balaban J connectivity index is 2.60. The maximum Gasteiger partial charge on any atom is 0.338 e. The molecular formula is C10H9ClO2. The van der Waals surface area contributed by atoms with Gasteiger partial charge in [0, 0.05) is 11.4 Å². The molecule has 0 saturated heterocycles. The maximum atomic E-state index is 11.2. The molecule has 0 fully saturated rings. The second-order valence-corrected chi connectivity index (χ2v) is 3.35. The average Bonchev–Trinajstić information content (AvgIpc) is 2.50. The molecule has 0 saturated carbocycles. The summed E-state index contributed by atoms with van der Waals surface area (Å²) < 4.78 is 4.92. The molecule has 0 bridgehead atoms. The van der Waals surface area contributed by atoms with Crippen LogP contribution in [0.2, 0.25) is 0 Å². The molecule has 2 nitrogen and oxygen atoms in total. The Hall–Kier alpha value is -1.02. The Morgan fingerprint density at radius 2 is 2.31 bits per heavy atom. The Kier molecular flexibility index (Phi) is 2.00. The van der Waals surface area contributed by atoms with E-state index in [1.54, 1.807) is 6.07 Å². The maximum absolute atomic E-state index is 11.2. The first-order valence-electron chi connectivity index (χ1n) is 4.08. The van der Waals surface area contributed by atoms with Gasteiger partial charge in [-0.3, -0.25) is 0 Å². The SMILES string of the molecule is Cc1c(CCl)ccc2c1COC2=O. The topological polar surface area (TPSA) is 26.3 Å². The van der Waals surface area contributed by atoms with E-state index in [0.29, 0.717) is 18.1 Å². The standard InChI is InChI=1S/C10H9ClO2/c1-6-7(4-11)2-3-8-9(6)5-13-10(8)12/h2-3H,4-5H2,1H3. The van der Waals surface area contributed by atoms with E-state index in [0.717, 1.165) is 16.7 Å². The molecule has 1 aromatic rings. The van der Waals surface area contributed by atoms with E-state index in [1.807, 2.05) is 13.0 Å². The van der Waals surface area contributed by atoms with Gasteiger partial charge >= 0.3 is 5.97 Å². The molecule has 0 atom stereocenters. The van der Waals surface area contributed by atoms with Gasteiger partial charge in [0.2, 0.25) is 0 Å². The lowest BCUT2D eigenvalue weighted by Crippen LogP contribution is -1.96. The van der Waals surface area contributed by atoms with Gasteiger partial charge in [-0.25, -0.2) is 4.79 Å². The van der Waals surface area contributed by atoms with Crippen molar-refractivity contribution in [3.63, 3.8) is 0 Å². The van der Waals surface area contributed by atoms with E-state index in [4.69, 9.17) is 16.3 Å². The number of ether oxygens (including phenoxy) is 1. The van der Waals surface area contributed by atoms with Crippen molar-refractivity contribution >= 4 is 17.6 Å². The summed E-state index contributed by atoms with van der Waals surface area (Å²) >= 11 is 5.74. The molecule has 2 rings (SSSR count). The van der Waals surface area contributed by atoms with Gasteiger partial charge in [0.1, 0.15) is 6.61 Å². The number of carbonyl (C=O) groups is 1. The Morgan fingerprint density at radius 3 is 3.00 bits per heavy atom. The van der Waals surface area contributed by atoms with E-state index in [-0.39, 0.29) is 5.97 Å². The van der Waals surface area contributed by atoms with Gasteiger partial charge in [0.05, 0.1) is 5.56 Å². The van der Waals surface area contributed by atoms with Crippen LogP contribution in [0.15, 0.2) is 12.1 Å². The van der Waals surface area contributed by atoms with Crippen LogP contribution in [-0.4, -0.2) is 5.97 Å². The van der Waals surface area contributed by atoms with E-state index in [9.17, 15) is 4.79 Å². The van der Waals surface area contributed by atoms with Gasteiger partial charge in [0.15, 0.2) is 0 Å². The van der Waals surface area contributed by atoms with Crippen molar-refractivity contribution in [2.24, 2.45) is 0 Å². The number of carbonyl (C=O) groups excluding carboxylic acids is 1. The van der Waals surface area contributed by atoms with E-state index in [2.05, 4.69) is 0 Å². The molecule has 0 N–H and O–H groups in total. The van der Waals surface area contributed by atoms with Crippen LogP contribution in [0.25, 0.3) is 0 Å². The van der Waals surface area contributed by atoms with Gasteiger partial charge in [-0.2, -0.15) is 0 Å². The highest BCUT2D eigenvalue weighted by molar-refractivity contribution is 6.17. The number of fused-ring (bicyclic) bond motifs is 1. The number of hydrogen-bond acceptors (Lipinski definition) is 2. The molecule has 13 heavy (non-hydrogen) atoms. The molecule has 1 heterocycles. The third-order valence-electron chi connectivity index (χ3n) is 2.42. The lowest BCUT2D eigenvalue weighted by Gasteiger charge is -2.04. The molecule has 0 radical (unpaired) electrons. The summed E-state index contributed by atoms with van der Waals surface area (Å²) in [6.07, 6.45) is 0. The lowest BCUT2D eigenvalue weighted by molar-refractivity contribution is 0.0535. The van der Waals surface area contributed by atoms with E-state index < -0.39 is 0 Å². The molecule has 3 heteroatoms. The minimum absolute atomic E-state index is 0.223. The summed E-state index contributed by atoms with van der Waals surface area (Å²) in [5.41, 5.74) is 3.83. The van der Waals surface area contributed by atoms with Crippen molar-refractivity contribution in [3.05, 3.63) is 34.4 Å². The van der Waals surface area contributed by atoms with Gasteiger partial charge < -0.3 is 4.74 Å². The molecule has 0 unspecified atom stereocenters. The van der Waals surface area contributed by atoms with Crippen molar-refractivity contribution in [2.75, 3.05) is 0 Å². The van der Waals surface area contributed by atoms with E-state index >= 15 is 0 Å². The first-order valence-corrected chi connectivity index (χ1v) is 4.62. The van der Waals surface area contributed by atoms with Crippen molar-refractivity contribution in [3.8, 4) is 0 Å². The van der Waals surface area contributed by atoms with Crippen LogP contribution in [0.5, 0.6) is 0 Å². The second-order valence-electron chi connectivity index (χ2n) is 3.09. The highest BCUT2D eigenvalue weighted by atomic mass is 35.5. The zero-order chi connectivity index (χ0) is 9.42. The number of esters is 1. The van der Waals surface area contributed by atoms with Crippen LogP contribution in [0.4, 0.5) is 0 Å². The minimum atomic E-state index is -0.223. The predicted octanol–water partition coefficient (Wildman–Crippen LogP) is 2.40. The molecule has 68 valence electrons. The van der Waals surface area contributed by atoms with Crippen LogP contribution in [0.3, 0.4) is 0 Å². The quantitative estimate of drug-likeness (QED) is 0.509. The third kappa shape index (κ3) is 1.22. The largest absolute Gasteiger partial charge is 0.457 e. The van der Waals surface area contributed by atoms with Crippen molar-refractivity contribution in [1.29, 1.82) is 0 Å².